The van der Waals surface area contributed by atoms with E-state index in [4.69, 9.17) is 0 Å². The standard InChI is InChI=1S/C22H22FN3O2S/c1-13-9-14(2)19(15(3)10-13)26-21(28)20(27)24-8-7-18-12-29-22(25-18)16-5-4-6-17(23)11-16/h4-6,9-12H,7-8H2,1-3H3,(H,24,27)(H,26,28). The van der Waals surface area contributed by atoms with Crippen molar-refractivity contribution in [3.63, 3.8) is 0 Å². The molecule has 3 aromatic rings. The van der Waals surface area contributed by atoms with Crippen molar-refractivity contribution in [1.82, 2.24) is 10.3 Å². The molecule has 0 bridgehead atoms. The van der Waals surface area contributed by atoms with Crippen LogP contribution in [-0.2, 0) is 16.0 Å². The van der Waals surface area contributed by atoms with E-state index in [1.165, 1.54) is 23.5 Å². The van der Waals surface area contributed by atoms with E-state index in [9.17, 15) is 14.0 Å². The number of halogens is 1. The lowest BCUT2D eigenvalue weighted by molar-refractivity contribution is -0.136. The molecule has 0 radical (unpaired) electrons. The Bertz CT molecular complexity index is 1040. The second-order valence-corrected chi connectivity index (χ2v) is 7.75. The molecule has 2 amide bonds. The summed E-state index contributed by atoms with van der Waals surface area (Å²) in [6.45, 7) is 6.05. The maximum atomic E-state index is 13.3. The molecule has 0 aliphatic rings. The van der Waals surface area contributed by atoms with Crippen LogP contribution in [-0.4, -0.2) is 23.3 Å². The van der Waals surface area contributed by atoms with Crippen LogP contribution in [0.3, 0.4) is 0 Å². The SMILES string of the molecule is Cc1cc(C)c(NC(=O)C(=O)NCCc2csc(-c3cccc(F)c3)n2)c(C)c1. The van der Waals surface area contributed by atoms with Gasteiger partial charge in [-0.3, -0.25) is 9.59 Å². The zero-order chi connectivity index (χ0) is 21.0. The van der Waals surface area contributed by atoms with Crippen LogP contribution in [0.1, 0.15) is 22.4 Å². The predicted molar refractivity (Wildman–Crippen MR) is 114 cm³/mol. The molecule has 1 aromatic heterocycles. The Morgan fingerprint density at radius 1 is 1.07 bits per heavy atom. The van der Waals surface area contributed by atoms with Crippen molar-refractivity contribution in [2.45, 2.75) is 27.2 Å². The zero-order valence-electron chi connectivity index (χ0n) is 16.5. The van der Waals surface area contributed by atoms with Gasteiger partial charge in [-0.1, -0.05) is 29.8 Å². The second-order valence-electron chi connectivity index (χ2n) is 6.89. The van der Waals surface area contributed by atoms with Crippen LogP contribution in [0.2, 0.25) is 0 Å². The van der Waals surface area contributed by atoms with Gasteiger partial charge in [0.2, 0.25) is 0 Å². The smallest absolute Gasteiger partial charge is 0.313 e. The van der Waals surface area contributed by atoms with Crippen molar-refractivity contribution in [2.24, 2.45) is 0 Å². The number of rotatable bonds is 5. The first-order chi connectivity index (χ1) is 13.8. The summed E-state index contributed by atoms with van der Waals surface area (Å²) < 4.78 is 13.3. The van der Waals surface area contributed by atoms with Gasteiger partial charge in [-0.15, -0.1) is 11.3 Å². The van der Waals surface area contributed by atoms with Crippen molar-refractivity contribution in [1.29, 1.82) is 0 Å². The van der Waals surface area contributed by atoms with Crippen LogP contribution in [0, 0.1) is 26.6 Å². The molecule has 0 aliphatic heterocycles. The molecule has 2 N–H and O–H groups in total. The number of nitrogens with zero attached hydrogens (tertiary/aromatic N) is 1. The first-order valence-electron chi connectivity index (χ1n) is 9.21. The van der Waals surface area contributed by atoms with E-state index in [-0.39, 0.29) is 12.4 Å². The number of aryl methyl sites for hydroxylation is 3. The average molecular weight is 412 g/mol. The minimum atomic E-state index is -0.696. The Hall–Kier alpha value is -3.06. The van der Waals surface area contributed by atoms with Gasteiger partial charge in [-0.2, -0.15) is 0 Å². The highest BCUT2D eigenvalue weighted by atomic mass is 32.1. The molecule has 0 unspecified atom stereocenters. The van der Waals surface area contributed by atoms with Gasteiger partial charge >= 0.3 is 11.8 Å². The van der Waals surface area contributed by atoms with Gasteiger partial charge in [0.25, 0.3) is 0 Å². The fraction of sp³-hybridized carbons (Fsp3) is 0.227. The Labute approximate surface area is 173 Å². The summed E-state index contributed by atoms with van der Waals surface area (Å²) in [5.41, 5.74) is 5.08. The molecular weight excluding hydrogens is 389 g/mol. The number of carbonyl (C=O) groups is 2. The number of nitrogens with one attached hydrogen (secondary N) is 2. The number of amides is 2. The molecule has 0 spiro atoms. The molecular formula is C22H22FN3O2S. The molecule has 7 heteroatoms. The lowest BCUT2D eigenvalue weighted by atomic mass is 10.1. The summed E-state index contributed by atoms with van der Waals surface area (Å²) in [6.07, 6.45) is 0.480. The van der Waals surface area contributed by atoms with E-state index >= 15 is 0 Å². The third-order valence-corrected chi connectivity index (χ3v) is 5.35. The van der Waals surface area contributed by atoms with Crippen molar-refractivity contribution >= 4 is 28.8 Å². The highest BCUT2D eigenvalue weighted by Crippen LogP contribution is 2.24. The van der Waals surface area contributed by atoms with Crippen molar-refractivity contribution in [3.05, 3.63) is 70.0 Å². The molecule has 2 aromatic carbocycles. The first kappa shape index (κ1) is 20.7. The van der Waals surface area contributed by atoms with E-state index in [0.29, 0.717) is 22.7 Å². The average Bonchev–Trinajstić information content (AvgIpc) is 3.13. The minimum absolute atomic E-state index is 0.282. The van der Waals surface area contributed by atoms with Crippen molar-refractivity contribution < 1.29 is 14.0 Å². The largest absolute Gasteiger partial charge is 0.347 e. The lowest BCUT2D eigenvalue weighted by Gasteiger charge is -2.12. The Morgan fingerprint density at radius 3 is 2.48 bits per heavy atom. The number of carbonyl (C=O) groups excluding carboxylic acids is 2. The summed E-state index contributed by atoms with van der Waals surface area (Å²) in [7, 11) is 0. The Morgan fingerprint density at radius 2 is 1.79 bits per heavy atom. The Kier molecular flexibility index (Phi) is 6.39. The van der Waals surface area contributed by atoms with Gasteiger partial charge < -0.3 is 10.6 Å². The quantitative estimate of drug-likeness (QED) is 0.619. The predicted octanol–water partition coefficient (Wildman–Crippen LogP) is 4.17. The van der Waals surface area contributed by atoms with Crippen molar-refractivity contribution in [3.8, 4) is 10.6 Å². The summed E-state index contributed by atoms with van der Waals surface area (Å²) >= 11 is 1.41. The molecule has 0 aliphatic carbocycles. The van der Waals surface area contributed by atoms with Crippen LogP contribution in [0.25, 0.3) is 10.6 Å². The normalized spacial score (nSPS) is 10.6. The Balaban J connectivity index is 1.53. The molecule has 3 rings (SSSR count). The molecule has 0 fully saturated rings. The van der Waals surface area contributed by atoms with Gasteiger partial charge in [0, 0.05) is 29.6 Å². The first-order valence-corrected chi connectivity index (χ1v) is 10.1. The maximum Gasteiger partial charge on any atom is 0.313 e. The van der Waals surface area contributed by atoms with Gasteiger partial charge in [-0.25, -0.2) is 9.37 Å². The minimum Gasteiger partial charge on any atom is -0.347 e. The zero-order valence-corrected chi connectivity index (χ0v) is 17.3. The monoisotopic (exact) mass is 411 g/mol. The van der Waals surface area contributed by atoms with Gasteiger partial charge in [0.15, 0.2) is 0 Å². The van der Waals surface area contributed by atoms with Crippen LogP contribution in [0.5, 0.6) is 0 Å². The van der Waals surface area contributed by atoms with Crippen LogP contribution >= 0.6 is 11.3 Å². The molecule has 0 saturated carbocycles. The number of anilines is 1. The molecule has 1 heterocycles. The summed E-state index contributed by atoms with van der Waals surface area (Å²) in [5.74, 6) is -1.69. The van der Waals surface area contributed by atoms with E-state index in [1.54, 1.807) is 12.1 Å². The van der Waals surface area contributed by atoms with Gasteiger partial charge in [0.05, 0.1) is 5.69 Å². The number of aromatic nitrogens is 1. The third-order valence-electron chi connectivity index (χ3n) is 4.41. The van der Waals surface area contributed by atoms with E-state index in [1.807, 2.05) is 38.3 Å². The number of thiazole rings is 1. The maximum absolute atomic E-state index is 13.3. The molecule has 0 saturated heterocycles. The van der Waals surface area contributed by atoms with Gasteiger partial charge in [-0.05, 0) is 44.0 Å². The second kappa shape index (κ2) is 8.96. The fourth-order valence-electron chi connectivity index (χ4n) is 3.11. The molecule has 150 valence electrons. The van der Waals surface area contributed by atoms with Crippen LogP contribution in [0.15, 0.2) is 41.8 Å². The van der Waals surface area contributed by atoms with E-state index in [0.717, 1.165) is 22.4 Å². The summed E-state index contributed by atoms with van der Waals surface area (Å²) in [4.78, 5) is 28.8. The van der Waals surface area contributed by atoms with E-state index < -0.39 is 11.8 Å². The summed E-state index contributed by atoms with van der Waals surface area (Å²) in [6, 6.07) is 10.2. The molecule has 5 nitrogen and oxygen atoms in total. The highest BCUT2D eigenvalue weighted by Gasteiger charge is 2.16. The summed E-state index contributed by atoms with van der Waals surface area (Å²) in [5, 5.41) is 7.88. The molecule has 0 atom stereocenters. The van der Waals surface area contributed by atoms with E-state index in [2.05, 4.69) is 15.6 Å². The fourth-order valence-corrected chi connectivity index (χ4v) is 3.96. The highest BCUT2D eigenvalue weighted by molar-refractivity contribution is 7.13. The number of hydrogen-bond donors (Lipinski definition) is 2. The number of hydrogen-bond acceptors (Lipinski definition) is 4. The van der Waals surface area contributed by atoms with Crippen LogP contribution < -0.4 is 10.6 Å². The van der Waals surface area contributed by atoms with Crippen LogP contribution in [0.4, 0.5) is 10.1 Å². The van der Waals surface area contributed by atoms with Crippen molar-refractivity contribution in [2.75, 3.05) is 11.9 Å². The number of benzene rings is 2. The topological polar surface area (TPSA) is 71.1 Å². The lowest BCUT2D eigenvalue weighted by Crippen LogP contribution is -2.36. The third kappa shape index (κ3) is 5.26. The van der Waals surface area contributed by atoms with Gasteiger partial charge in [0.1, 0.15) is 10.8 Å². The molecule has 29 heavy (non-hydrogen) atoms.